The molecule has 1 aliphatic heterocycles. The van der Waals surface area contributed by atoms with Gasteiger partial charge in [0.2, 0.25) is 0 Å². The quantitative estimate of drug-likeness (QED) is 0.443. The highest BCUT2D eigenvalue weighted by Crippen LogP contribution is 2.54. The number of fused-ring (bicyclic) bond motifs is 1. The van der Waals surface area contributed by atoms with Crippen LogP contribution in [0, 0.1) is 0 Å². The van der Waals surface area contributed by atoms with Gasteiger partial charge in [-0.15, -0.1) is 0 Å². The van der Waals surface area contributed by atoms with Crippen molar-refractivity contribution in [2.45, 2.75) is 63.1 Å². The number of allylic oxidation sites excluding steroid dienone is 1. The zero-order chi connectivity index (χ0) is 8.73. The van der Waals surface area contributed by atoms with Gasteiger partial charge < -0.3 is 4.74 Å². The Kier molecular flexibility index (Phi) is 1.76. The molecule has 13 heavy (non-hydrogen) atoms. The fraction of sp³-hybridized carbons (Fsp3) is 0.833. The summed E-state index contributed by atoms with van der Waals surface area (Å²) in [7, 11) is 0. The lowest BCUT2D eigenvalue weighted by Crippen LogP contribution is -2.23. The van der Waals surface area contributed by atoms with Gasteiger partial charge in [-0.3, -0.25) is 0 Å². The zero-order valence-corrected chi connectivity index (χ0v) is 8.22. The van der Waals surface area contributed by atoms with Crippen molar-refractivity contribution in [2.24, 2.45) is 0 Å². The molecule has 0 bridgehead atoms. The molecule has 2 unspecified atom stereocenters. The molecule has 0 aromatic heterocycles. The number of hydrogen-bond donors (Lipinski definition) is 0. The summed E-state index contributed by atoms with van der Waals surface area (Å²) in [5.74, 6) is 0. The monoisotopic (exact) mass is 178 g/mol. The van der Waals surface area contributed by atoms with Gasteiger partial charge >= 0.3 is 0 Å². The minimum absolute atomic E-state index is 0.276. The fourth-order valence-electron chi connectivity index (χ4n) is 3.11. The van der Waals surface area contributed by atoms with Crippen LogP contribution in [0.15, 0.2) is 11.6 Å². The maximum Gasteiger partial charge on any atom is 0.116 e. The van der Waals surface area contributed by atoms with Crippen molar-refractivity contribution in [2.75, 3.05) is 0 Å². The molecule has 1 heterocycles. The van der Waals surface area contributed by atoms with E-state index < -0.39 is 0 Å². The molecule has 2 fully saturated rings. The summed E-state index contributed by atoms with van der Waals surface area (Å²) in [6.07, 6.45) is 13.9. The second kappa shape index (κ2) is 2.84. The molecule has 0 spiro atoms. The Morgan fingerprint density at radius 1 is 1.23 bits per heavy atom. The summed E-state index contributed by atoms with van der Waals surface area (Å²) in [6.45, 7) is 0. The van der Waals surface area contributed by atoms with Crippen LogP contribution in [0.25, 0.3) is 0 Å². The highest BCUT2D eigenvalue weighted by molar-refractivity contribution is 5.29. The SMILES string of the molecule is C1=C(C23CCCCC2O3)CCCC1. The molecule has 1 saturated heterocycles. The Balaban J connectivity index is 1.80. The molecule has 3 rings (SSSR count). The van der Waals surface area contributed by atoms with E-state index in [4.69, 9.17) is 4.74 Å². The van der Waals surface area contributed by atoms with Gasteiger partial charge in [0.1, 0.15) is 5.60 Å². The van der Waals surface area contributed by atoms with E-state index in [-0.39, 0.29) is 5.60 Å². The van der Waals surface area contributed by atoms with Crippen LogP contribution >= 0.6 is 0 Å². The maximum absolute atomic E-state index is 5.94. The molecular formula is C12H18O. The van der Waals surface area contributed by atoms with E-state index in [1.165, 1.54) is 51.4 Å². The van der Waals surface area contributed by atoms with Crippen LogP contribution in [0.1, 0.15) is 51.4 Å². The van der Waals surface area contributed by atoms with Gasteiger partial charge in [-0.2, -0.15) is 0 Å². The molecule has 2 atom stereocenters. The van der Waals surface area contributed by atoms with Crippen molar-refractivity contribution in [3.8, 4) is 0 Å². The predicted molar refractivity (Wildman–Crippen MR) is 52.6 cm³/mol. The Bertz CT molecular complexity index is 244. The molecule has 72 valence electrons. The number of hydrogen-bond acceptors (Lipinski definition) is 1. The van der Waals surface area contributed by atoms with Crippen molar-refractivity contribution < 1.29 is 4.74 Å². The Labute approximate surface area is 80.2 Å². The normalized spacial score (nSPS) is 43.7. The van der Waals surface area contributed by atoms with Crippen molar-refractivity contribution in [1.29, 1.82) is 0 Å². The molecular weight excluding hydrogens is 160 g/mol. The molecule has 0 aromatic carbocycles. The van der Waals surface area contributed by atoms with Gasteiger partial charge in [-0.25, -0.2) is 0 Å². The summed E-state index contributed by atoms with van der Waals surface area (Å²) in [5, 5.41) is 0. The summed E-state index contributed by atoms with van der Waals surface area (Å²) in [6, 6.07) is 0. The van der Waals surface area contributed by atoms with Crippen LogP contribution in [0.5, 0.6) is 0 Å². The van der Waals surface area contributed by atoms with Crippen LogP contribution in [0.3, 0.4) is 0 Å². The molecule has 0 radical (unpaired) electrons. The predicted octanol–water partition coefficient (Wildman–Crippen LogP) is 3.20. The highest BCUT2D eigenvalue weighted by Gasteiger charge is 2.58. The lowest BCUT2D eigenvalue weighted by molar-refractivity contribution is 0.309. The first-order valence-corrected chi connectivity index (χ1v) is 5.79. The maximum atomic E-state index is 5.94. The largest absolute Gasteiger partial charge is 0.361 e. The topological polar surface area (TPSA) is 12.5 Å². The lowest BCUT2D eigenvalue weighted by Gasteiger charge is -2.23. The average molecular weight is 178 g/mol. The molecule has 0 aromatic rings. The Hall–Kier alpha value is -0.300. The van der Waals surface area contributed by atoms with Gasteiger partial charge in [0.05, 0.1) is 6.10 Å². The molecule has 3 aliphatic rings. The molecule has 0 amide bonds. The minimum atomic E-state index is 0.276. The van der Waals surface area contributed by atoms with E-state index in [2.05, 4.69) is 6.08 Å². The van der Waals surface area contributed by atoms with E-state index in [1.54, 1.807) is 5.57 Å². The van der Waals surface area contributed by atoms with Crippen molar-refractivity contribution in [3.63, 3.8) is 0 Å². The van der Waals surface area contributed by atoms with E-state index in [9.17, 15) is 0 Å². The van der Waals surface area contributed by atoms with Crippen LogP contribution in [-0.4, -0.2) is 11.7 Å². The lowest BCUT2D eigenvalue weighted by atomic mass is 9.79. The minimum Gasteiger partial charge on any atom is -0.361 e. The summed E-state index contributed by atoms with van der Waals surface area (Å²) in [5.41, 5.74) is 1.93. The fourth-order valence-corrected chi connectivity index (χ4v) is 3.11. The van der Waals surface area contributed by atoms with Gasteiger partial charge in [0, 0.05) is 0 Å². The van der Waals surface area contributed by atoms with Crippen molar-refractivity contribution in [3.05, 3.63) is 11.6 Å². The van der Waals surface area contributed by atoms with Gasteiger partial charge in [-0.1, -0.05) is 18.9 Å². The zero-order valence-electron chi connectivity index (χ0n) is 8.22. The first-order chi connectivity index (χ1) is 6.42. The van der Waals surface area contributed by atoms with E-state index in [0.717, 1.165) is 0 Å². The molecule has 1 nitrogen and oxygen atoms in total. The second-order valence-corrected chi connectivity index (χ2v) is 4.72. The average Bonchev–Trinajstić information content (AvgIpc) is 2.94. The third-order valence-corrected chi connectivity index (χ3v) is 3.91. The summed E-state index contributed by atoms with van der Waals surface area (Å²) >= 11 is 0. The molecule has 1 saturated carbocycles. The third kappa shape index (κ3) is 1.17. The number of rotatable bonds is 1. The van der Waals surface area contributed by atoms with E-state index >= 15 is 0 Å². The van der Waals surface area contributed by atoms with Crippen LogP contribution < -0.4 is 0 Å². The molecule has 0 N–H and O–H groups in total. The summed E-state index contributed by atoms with van der Waals surface area (Å²) < 4.78 is 5.94. The second-order valence-electron chi connectivity index (χ2n) is 4.72. The Morgan fingerprint density at radius 2 is 2.23 bits per heavy atom. The standard InChI is InChI=1S/C12H18O/c1-2-6-10(7-3-1)12-9-5-4-8-11(12)13-12/h6,11H,1-5,7-9H2. The van der Waals surface area contributed by atoms with Crippen LogP contribution in [0.4, 0.5) is 0 Å². The van der Waals surface area contributed by atoms with Crippen molar-refractivity contribution in [1.82, 2.24) is 0 Å². The first-order valence-electron chi connectivity index (χ1n) is 5.79. The smallest absolute Gasteiger partial charge is 0.116 e. The van der Waals surface area contributed by atoms with E-state index in [1.807, 2.05) is 0 Å². The van der Waals surface area contributed by atoms with Crippen molar-refractivity contribution >= 4 is 0 Å². The summed E-state index contributed by atoms with van der Waals surface area (Å²) in [4.78, 5) is 0. The number of epoxide rings is 1. The Morgan fingerprint density at radius 3 is 3.00 bits per heavy atom. The molecule has 1 heteroatoms. The third-order valence-electron chi connectivity index (χ3n) is 3.91. The van der Waals surface area contributed by atoms with Gasteiger partial charge in [0.15, 0.2) is 0 Å². The van der Waals surface area contributed by atoms with Gasteiger partial charge in [-0.05, 0) is 44.1 Å². The first kappa shape index (κ1) is 8.05. The van der Waals surface area contributed by atoms with Crippen LogP contribution in [-0.2, 0) is 4.74 Å². The van der Waals surface area contributed by atoms with Crippen LogP contribution in [0.2, 0.25) is 0 Å². The highest BCUT2D eigenvalue weighted by atomic mass is 16.6. The molecule has 2 aliphatic carbocycles. The van der Waals surface area contributed by atoms with E-state index in [0.29, 0.717) is 6.10 Å². The number of ether oxygens (including phenoxy) is 1. The van der Waals surface area contributed by atoms with Gasteiger partial charge in [0.25, 0.3) is 0 Å².